The zero-order valence-electron chi connectivity index (χ0n) is 7.25. The highest BCUT2D eigenvalue weighted by Crippen LogP contribution is 2.07. The Morgan fingerprint density at radius 2 is 2.29 bits per heavy atom. The number of para-hydroxylation sites is 1. The van der Waals surface area contributed by atoms with Crippen molar-refractivity contribution in [2.24, 2.45) is 0 Å². The molecule has 70 valence electrons. The minimum Gasteiger partial charge on any atom is -0.313 e. The summed E-state index contributed by atoms with van der Waals surface area (Å²) in [6.07, 6.45) is 1.07. The minimum absolute atomic E-state index is 0.569. The SMILES string of the molecule is C=CC(=O)On1nnc2ccccc21. The lowest BCUT2D eigenvalue weighted by atomic mass is 10.3. The van der Waals surface area contributed by atoms with E-state index in [1.807, 2.05) is 12.1 Å². The largest absolute Gasteiger partial charge is 0.358 e. The second-order valence-corrected chi connectivity index (χ2v) is 2.57. The average Bonchev–Trinajstić information content (AvgIpc) is 2.62. The van der Waals surface area contributed by atoms with E-state index >= 15 is 0 Å². The first-order valence-corrected chi connectivity index (χ1v) is 3.96. The maximum absolute atomic E-state index is 10.9. The van der Waals surface area contributed by atoms with E-state index in [0.717, 1.165) is 10.9 Å². The molecule has 0 aliphatic carbocycles. The maximum Gasteiger partial charge on any atom is 0.358 e. The van der Waals surface area contributed by atoms with Gasteiger partial charge in [-0.3, -0.25) is 0 Å². The van der Waals surface area contributed by atoms with E-state index in [0.29, 0.717) is 11.0 Å². The molecule has 2 rings (SSSR count). The number of carbonyl (C=O) groups excluding carboxylic acids is 1. The molecule has 0 aliphatic rings. The van der Waals surface area contributed by atoms with Crippen molar-refractivity contribution in [3.63, 3.8) is 0 Å². The normalized spacial score (nSPS) is 10.0. The standard InChI is InChI=1S/C9H7N3O2/c1-2-9(13)14-12-8-6-4-3-5-7(8)10-11-12/h2-6H,1H2. The van der Waals surface area contributed by atoms with Crippen LogP contribution in [0.1, 0.15) is 0 Å². The molecular weight excluding hydrogens is 182 g/mol. The van der Waals surface area contributed by atoms with Crippen LogP contribution in [0, 0.1) is 0 Å². The van der Waals surface area contributed by atoms with Gasteiger partial charge in [0.05, 0.1) is 0 Å². The number of nitrogens with zero attached hydrogens (tertiary/aromatic N) is 3. The van der Waals surface area contributed by atoms with Crippen molar-refractivity contribution in [3.8, 4) is 0 Å². The highest BCUT2D eigenvalue weighted by molar-refractivity contribution is 5.82. The Morgan fingerprint density at radius 1 is 1.50 bits per heavy atom. The molecule has 1 aromatic carbocycles. The first-order valence-electron chi connectivity index (χ1n) is 3.96. The van der Waals surface area contributed by atoms with E-state index < -0.39 is 5.97 Å². The van der Waals surface area contributed by atoms with E-state index in [9.17, 15) is 4.79 Å². The predicted octanol–water partition coefficient (Wildman–Crippen LogP) is 0.572. The summed E-state index contributed by atoms with van der Waals surface area (Å²) in [6, 6.07) is 7.17. The van der Waals surface area contributed by atoms with E-state index in [1.54, 1.807) is 12.1 Å². The maximum atomic E-state index is 10.9. The summed E-state index contributed by atoms with van der Waals surface area (Å²) in [4.78, 5) is 16.8. The Hall–Kier alpha value is -2.17. The second-order valence-electron chi connectivity index (χ2n) is 2.57. The molecule has 0 atom stereocenters. The van der Waals surface area contributed by atoms with Gasteiger partial charge in [-0.1, -0.05) is 23.6 Å². The molecule has 0 amide bonds. The van der Waals surface area contributed by atoms with Gasteiger partial charge in [-0.15, -0.1) is 5.10 Å². The molecule has 0 saturated carbocycles. The van der Waals surface area contributed by atoms with Gasteiger partial charge in [0, 0.05) is 6.08 Å². The van der Waals surface area contributed by atoms with E-state index in [-0.39, 0.29) is 0 Å². The number of hydrogen-bond acceptors (Lipinski definition) is 4. The third-order valence-corrected chi connectivity index (χ3v) is 1.66. The van der Waals surface area contributed by atoms with Crippen LogP contribution in [0.3, 0.4) is 0 Å². The fourth-order valence-electron chi connectivity index (χ4n) is 1.04. The summed E-state index contributed by atoms with van der Waals surface area (Å²) in [5.41, 5.74) is 1.31. The molecule has 5 heteroatoms. The molecule has 0 bridgehead atoms. The van der Waals surface area contributed by atoms with Crippen LogP contribution in [0.2, 0.25) is 0 Å². The van der Waals surface area contributed by atoms with Crippen molar-refractivity contribution in [2.75, 3.05) is 0 Å². The first kappa shape index (κ1) is 8.43. The lowest BCUT2D eigenvalue weighted by Gasteiger charge is -1.98. The van der Waals surface area contributed by atoms with Gasteiger partial charge >= 0.3 is 5.97 Å². The van der Waals surface area contributed by atoms with E-state index in [1.165, 1.54) is 0 Å². The highest BCUT2D eigenvalue weighted by atomic mass is 16.7. The smallest absolute Gasteiger partial charge is 0.313 e. The van der Waals surface area contributed by atoms with Crippen LogP contribution in [0.4, 0.5) is 0 Å². The van der Waals surface area contributed by atoms with Gasteiger partial charge in [-0.05, 0) is 17.3 Å². The lowest BCUT2D eigenvalue weighted by Crippen LogP contribution is -2.18. The number of hydrogen-bond donors (Lipinski definition) is 0. The van der Waals surface area contributed by atoms with Gasteiger partial charge in [-0.25, -0.2) is 4.79 Å². The fraction of sp³-hybridized carbons (Fsp3) is 0. The van der Waals surface area contributed by atoms with Gasteiger partial charge in [0.25, 0.3) is 0 Å². The van der Waals surface area contributed by atoms with Crippen molar-refractivity contribution in [2.45, 2.75) is 0 Å². The zero-order valence-corrected chi connectivity index (χ0v) is 7.25. The summed E-state index contributed by atoms with van der Waals surface area (Å²) in [6.45, 7) is 3.29. The molecule has 0 N–H and O–H groups in total. The predicted molar refractivity (Wildman–Crippen MR) is 49.3 cm³/mol. The Balaban J connectivity index is 2.43. The summed E-state index contributed by atoms with van der Waals surface area (Å²) in [5.74, 6) is -0.569. The summed E-state index contributed by atoms with van der Waals surface area (Å²) < 4.78 is 0. The molecule has 0 saturated heterocycles. The van der Waals surface area contributed by atoms with Crippen molar-refractivity contribution < 1.29 is 9.63 Å². The van der Waals surface area contributed by atoms with Gasteiger partial charge in [0.2, 0.25) is 0 Å². The summed E-state index contributed by atoms with van der Waals surface area (Å²) >= 11 is 0. The van der Waals surface area contributed by atoms with Gasteiger partial charge in [-0.2, -0.15) is 0 Å². The Bertz CT molecular complexity index is 490. The van der Waals surface area contributed by atoms with Gasteiger partial charge in [0.15, 0.2) is 0 Å². The molecule has 0 aliphatic heterocycles. The molecule has 0 fully saturated rings. The van der Waals surface area contributed by atoms with Crippen LogP contribution in [-0.4, -0.2) is 21.1 Å². The molecule has 1 aromatic heterocycles. The highest BCUT2D eigenvalue weighted by Gasteiger charge is 2.05. The first-order chi connectivity index (χ1) is 6.81. The molecule has 1 heterocycles. The van der Waals surface area contributed by atoms with Crippen molar-refractivity contribution in [1.29, 1.82) is 0 Å². The third kappa shape index (κ3) is 1.35. The monoisotopic (exact) mass is 189 g/mol. The van der Waals surface area contributed by atoms with Gasteiger partial charge < -0.3 is 4.84 Å². The zero-order chi connectivity index (χ0) is 9.97. The number of carbonyl (C=O) groups is 1. The van der Waals surface area contributed by atoms with Crippen LogP contribution in [0.25, 0.3) is 11.0 Å². The summed E-state index contributed by atoms with van der Waals surface area (Å²) in [7, 11) is 0. The van der Waals surface area contributed by atoms with Crippen molar-refractivity contribution in [1.82, 2.24) is 15.2 Å². The van der Waals surface area contributed by atoms with E-state index in [2.05, 4.69) is 16.9 Å². The minimum atomic E-state index is -0.569. The molecule has 5 nitrogen and oxygen atoms in total. The molecule has 2 aromatic rings. The number of fused-ring (bicyclic) bond motifs is 1. The number of benzene rings is 1. The van der Waals surface area contributed by atoms with Crippen LogP contribution >= 0.6 is 0 Å². The molecular formula is C9H7N3O2. The topological polar surface area (TPSA) is 57.0 Å². The van der Waals surface area contributed by atoms with Crippen LogP contribution in [-0.2, 0) is 4.79 Å². The summed E-state index contributed by atoms with van der Waals surface area (Å²) in [5, 5.41) is 7.47. The quantitative estimate of drug-likeness (QED) is 0.512. The number of aromatic nitrogens is 3. The van der Waals surface area contributed by atoms with Crippen molar-refractivity contribution >= 4 is 17.0 Å². The van der Waals surface area contributed by atoms with Crippen LogP contribution in [0.15, 0.2) is 36.9 Å². The Morgan fingerprint density at radius 3 is 3.07 bits per heavy atom. The van der Waals surface area contributed by atoms with Crippen molar-refractivity contribution in [3.05, 3.63) is 36.9 Å². The van der Waals surface area contributed by atoms with Crippen LogP contribution in [0.5, 0.6) is 0 Å². The Labute approximate surface area is 79.5 Å². The average molecular weight is 189 g/mol. The van der Waals surface area contributed by atoms with E-state index in [4.69, 9.17) is 4.84 Å². The molecule has 0 unspecified atom stereocenters. The Kier molecular flexibility index (Phi) is 1.98. The third-order valence-electron chi connectivity index (χ3n) is 1.66. The molecule has 14 heavy (non-hydrogen) atoms. The van der Waals surface area contributed by atoms with Gasteiger partial charge in [0.1, 0.15) is 11.0 Å². The molecule has 0 spiro atoms. The fourth-order valence-corrected chi connectivity index (χ4v) is 1.04. The lowest BCUT2D eigenvalue weighted by molar-refractivity contribution is -0.139. The number of rotatable bonds is 2. The molecule has 0 radical (unpaired) electrons. The van der Waals surface area contributed by atoms with Crippen LogP contribution < -0.4 is 4.84 Å². The second kappa shape index (κ2) is 3.29.